The van der Waals surface area contributed by atoms with Gasteiger partial charge in [-0.3, -0.25) is 10.1 Å². The number of rotatable bonds is 2. The number of nitrogens with zero attached hydrogens (tertiary/aromatic N) is 2. The fraction of sp³-hybridized carbons (Fsp3) is 0. The molecule has 2 heterocycles. The van der Waals surface area contributed by atoms with Gasteiger partial charge in [-0.05, 0) is 12.1 Å². The third-order valence-electron chi connectivity index (χ3n) is 1.76. The van der Waals surface area contributed by atoms with E-state index in [2.05, 4.69) is 4.98 Å². The molecule has 6 heteroatoms. The van der Waals surface area contributed by atoms with Crippen molar-refractivity contribution in [3.05, 3.63) is 45.8 Å². The Morgan fingerprint density at radius 2 is 2.27 bits per heavy atom. The Morgan fingerprint density at radius 1 is 1.47 bits per heavy atom. The second-order valence-electron chi connectivity index (χ2n) is 2.77. The van der Waals surface area contributed by atoms with Crippen LogP contribution >= 0.6 is 11.6 Å². The summed E-state index contributed by atoms with van der Waals surface area (Å²) in [4.78, 5) is 14.0. The van der Waals surface area contributed by atoms with E-state index in [-0.39, 0.29) is 10.8 Å². The maximum Gasteiger partial charge on any atom is 0.274 e. The van der Waals surface area contributed by atoms with Gasteiger partial charge in [0, 0.05) is 6.07 Å². The molecule has 0 atom stereocenters. The Kier molecular flexibility index (Phi) is 2.39. The van der Waals surface area contributed by atoms with Crippen LogP contribution in [0.1, 0.15) is 0 Å². The van der Waals surface area contributed by atoms with Crippen LogP contribution in [0.5, 0.6) is 0 Å². The van der Waals surface area contributed by atoms with E-state index in [1.54, 1.807) is 12.1 Å². The predicted octanol–water partition coefficient (Wildman–Crippen LogP) is 2.90. The summed E-state index contributed by atoms with van der Waals surface area (Å²) >= 11 is 5.65. The van der Waals surface area contributed by atoms with E-state index in [4.69, 9.17) is 16.0 Å². The molecule has 0 aromatic carbocycles. The third kappa shape index (κ3) is 1.97. The van der Waals surface area contributed by atoms with Crippen LogP contribution < -0.4 is 0 Å². The normalized spacial score (nSPS) is 10.2. The van der Waals surface area contributed by atoms with E-state index < -0.39 is 4.92 Å². The number of hydrogen-bond donors (Lipinski definition) is 0. The van der Waals surface area contributed by atoms with Crippen molar-refractivity contribution in [2.24, 2.45) is 0 Å². The molecule has 0 aliphatic carbocycles. The molecule has 2 aromatic rings. The highest BCUT2D eigenvalue weighted by molar-refractivity contribution is 6.29. The zero-order valence-corrected chi connectivity index (χ0v) is 8.14. The van der Waals surface area contributed by atoms with Crippen molar-refractivity contribution in [3.63, 3.8) is 0 Å². The van der Waals surface area contributed by atoms with Crippen LogP contribution in [0.3, 0.4) is 0 Å². The van der Waals surface area contributed by atoms with Gasteiger partial charge < -0.3 is 4.42 Å². The van der Waals surface area contributed by atoms with Crippen molar-refractivity contribution < 1.29 is 9.34 Å². The second-order valence-corrected chi connectivity index (χ2v) is 3.15. The molecule has 0 saturated heterocycles. The smallest absolute Gasteiger partial charge is 0.274 e. The number of hydrogen-bond acceptors (Lipinski definition) is 4. The first-order valence-electron chi connectivity index (χ1n) is 4.02. The van der Waals surface area contributed by atoms with Gasteiger partial charge in [0.15, 0.2) is 5.76 Å². The lowest BCUT2D eigenvalue weighted by Crippen LogP contribution is -1.91. The highest BCUT2D eigenvalue weighted by atomic mass is 35.5. The second kappa shape index (κ2) is 3.70. The molecule has 0 aliphatic rings. The lowest BCUT2D eigenvalue weighted by molar-refractivity contribution is -0.384. The maximum atomic E-state index is 10.6. The number of pyridine rings is 1. The van der Waals surface area contributed by atoms with E-state index in [0.29, 0.717) is 11.5 Å². The van der Waals surface area contributed by atoms with Gasteiger partial charge in [0.1, 0.15) is 10.8 Å². The Bertz CT molecular complexity index is 496. The SMILES string of the molecule is O=[N+]([O-])c1cc(Cl)nc(-c2ccco2)c1. The molecule has 5 nitrogen and oxygen atoms in total. The summed E-state index contributed by atoms with van der Waals surface area (Å²) in [5.74, 6) is 0.445. The van der Waals surface area contributed by atoms with Crippen molar-refractivity contribution in [2.45, 2.75) is 0 Å². The fourth-order valence-electron chi connectivity index (χ4n) is 1.14. The minimum Gasteiger partial charge on any atom is -0.463 e. The molecule has 0 amide bonds. The van der Waals surface area contributed by atoms with Crippen LogP contribution in [0.4, 0.5) is 5.69 Å². The number of aromatic nitrogens is 1. The van der Waals surface area contributed by atoms with E-state index >= 15 is 0 Å². The van der Waals surface area contributed by atoms with Gasteiger partial charge >= 0.3 is 0 Å². The van der Waals surface area contributed by atoms with Crippen LogP contribution in [-0.2, 0) is 0 Å². The van der Waals surface area contributed by atoms with Crippen LogP contribution in [0.2, 0.25) is 5.15 Å². The molecule has 15 heavy (non-hydrogen) atoms. The number of halogens is 1. The van der Waals surface area contributed by atoms with Crippen molar-refractivity contribution in [2.75, 3.05) is 0 Å². The molecule has 0 aliphatic heterocycles. The van der Waals surface area contributed by atoms with Gasteiger partial charge in [0.2, 0.25) is 0 Å². The quantitative estimate of drug-likeness (QED) is 0.447. The summed E-state index contributed by atoms with van der Waals surface area (Å²) in [6, 6.07) is 5.82. The first-order valence-corrected chi connectivity index (χ1v) is 4.40. The summed E-state index contributed by atoms with van der Waals surface area (Å²) in [5, 5.41) is 10.6. The molecule has 2 rings (SSSR count). The lowest BCUT2D eigenvalue weighted by atomic mass is 10.2. The molecule has 76 valence electrons. The van der Waals surface area contributed by atoms with E-state index in [9.17, 15) is 10.1 Å². The van der Waals surface area contributed by atoms with Crippen molar-refractivity contribution in [1.29, 1.82) is 0 Å². The van der Waals surface area contributed by atoms with Crippen LogP contribution in [0, 0.1) is 10.1 Å². The molecule has 0 saturated carbocycles. The average molecular weight is 225 g/mol. The molecule has 0 radical (unpaired) electrons. The van der Waals surface area contributed by atoms with Crippen molar-refractivity contribution in [1.82, 2.24) is 4.98 Å². The van der Waals surface area contributed by atoms with Gasteiger partial charge in [0.05, 0.1) is 17.3 Å². The first-order chi connectivity index (χ1) is 7.16. The maximum absolute atomic E-state index is 10.6. The molecular weight excluding hydrogens is 220 g/mol. The van der Waals surface area contributed by atoms with E-state index in [1.807, 2.05) is 0 Å². The van der Waals surface area contributed by atoms with Gasteiger partial charge in [-0.25, -0.2) is 4.98 Å². The Morgan fingerprint density at radius 3 is 2.87 bits per heavy atom. The molecule has 2 aromatic heterocycles. The molecule has 0 unspecified atom stereocenters. The molecule has 0 fully saturated rings. The standard InChI is InChI=1S/C9H5ClN2O3/c10-9-5-6(12(13)14)4-7(11-9)8-2-1-3-15-8/h1-5H. The third-order valence-corrected chi connectivity index (χ3v) is 1.96. The molecule has 0 N–H and O–H groups in total. The predicted molar refractivity (Wildman–Crippen MR) is 53.6 cm³/mol. The summed E-state index contributed by atoms with van der Waals surface area (Å²) in [7, 11) is 0. The fourth-order valence-corrected chi connectivity index (χ4v) is 1.34. The van der Waals surface area contributed by atoms with E-state index in [0.717, 1.165) is 0 Å². The van der Waals surface area contributed by atoms with Crippen LogP contribution in [-0.4, -0.2) is 9.91 Å². The zero-order valence-electron chi connectivity index (χ0n) is 7.38. The van der Waals surface area contributed by atoms with Gasteiger partial charge in [-0.2, -0.15) is 0 Å². The van der Waals surface area contributed by atoms with Gasteiger partial charge in [-0.1, -0.05) is 11.6 Å². The molecular formula is C9H5ClN2O3. The minimum absolute atomic E-state index is 0.0654. The summed E-state index contributed by atoms with van der Waals surface area (Å²) in [6.45, 7) is 0. The Labute approximate surface area is 89.5 Å². The Balaban J connectivity index is 2.54. The molecule has 0 bridgehead atoms. The number of furan rings is 1. The topological polar surface area (TPSA) is 69.2 Å². The van der Waals surface area contributed by atoms with Gasteiger partial charge in [-0.15, -0.1) is 0 Å². The molecule has 0 spiro atoms. The largest absolute Gasteiger partial charge is 0.463 e. The monoisotopic (exact) mass is 224 g/mol. The minimum atomic E-state index is -0.528. The van der Waals surface area contributed by atoms with Crippen LogP contribution in [0.25, 0.3) is 11.5 Å². The highest BCUT2D eigenvalue weighted by Gasteiger charge is 2.12. The van der Waals surface area contributed by atoms with Gasteiger partial charge in [0.25, 0.3) is 5.69 Å². The van der Waals surface area contributed by atoms with Crippen molar-refractivity contribution >= 4 is 17.3 Å². The van der Waals surface area contributed by atoms with E-state index in [1.165, 1.54) is 18.4 Å². The zero-order chi connectivity index (χ0) is 10.8. The number of nitro groups is 1. The summed E-state index contributed by atoms with van der Waals surface area (Å²) in [5.41, 5.74) is 0.237. The average Bonchev–Trinajstić information content (AvgIpc) is 2.69. The summed E-state index contributed by atoms with van der Waals surface area (Å²) in [6.07, 6.45) is 1.46. The highest BCUT2D eigenvalue weighted by Crippen LogP contribution is 2.25. The first kappa shape index (κ1) is 9.67. The lowest BCUT2D eigenvalue weighted by Gasteiger charge is -1.97. The summed E-state index contributed by atoms with van der Waals surface area (Å²) < 4.78 is 5.07. The van der Waals surface area contributed by atoms with Crippen LogP contribution in [0.15, 0.2) is 34.9 Å². The Hall–Kier alpha value is -1.88. The van der Waals surface area contributed by atoms with Crippen molar-refractivity contribution in [3.8, 4) is 11.5 Å².